The van der Waals surface area contributed by atoms with E-state index in [0.717, 1.165) is 24.3 Å². The van der Waals surface area contributed by atoms with E-state index in [0.29, 0.717) is 4.90 Å². The van der Waals surface area contributed by atoms with Gasteiger partial charge in [-0.25, -0.2) is 18.5 Å². The van der Waals surface area contributed by atoms with Crippen molar-refractivity contribution in [2.45, 2.75) is 4.90 Å². The Morgan fingerprint density at radius 2 is 1.62 bits per heavy atom. The number of hydrogen-bond donors (Lipinski definition) is 1. The summed E-state index contributed by atoms with van der Waals surface area (Å²) >= 11 is 0. The number of carbonyl (C=O) groups is 2. The zero-order valence-corrected chi connectivity index (χ0v) is 12.7. The molecule has 2 N–H and O–H groups in total. The fourth-order valence-electron chi connectivity index (χ4n) is 2.44. The van der Waals surface area contributed by atoms with Crippen LogP contribution in [0.1, 0.15) is 20.7 Å². The van der Waals surface area contributed by atoms with Gasteiger partial charge in [0.1, 0.15) is 4.90 Å². The van der Waals surface area contributed by atoms with E-state index in [-0.39, 0.29) is 22.5 Å². The second kappa shape index (κ2) is 5.22. The lowest BCUT2D eigenvalue weighted by atomic mass is 10.1. The van der Waals surface area contributed by atoms with E-state index in [1.165, 1.54) is 18.2 Å². The van der Waals surface area contributed by atoms with Crippen LogP contribution < -0.4 is 10.0 Å². The number of primary sulfonamides is 1. The van der Waals surface area contributed by atoms with Crippen LogP contribution in [0.4, 0.5) is 11.4 Å². The molecule has 0 spiro atoms. The zero-order valence-electron chi connectivity index (χ0n) is 11.9. The van der Waals surface area contributed by atoms with Gasteiger partial charge in [0.2, 0.25) is 10.0 Å². The predicted molar refractivity (Wildman–Crippen MR) is 82.1 cm³/mol. The molecule has 2 aromatic rings. The van der Waals surface area contributed by atoms with E-state index >= 15 is 0 Å². The number of nitro groups is 1. The fourth-order valence-corrected chi connectivity index (χ4v) is 3.16. The number of imide groups is 1. The highest BCUT2D eigenvalue weighted by Crippen LogP contribution is 2.33. The van der Waals surface area contributed by atoms with Gasteiger partial charge >= 0.3 is 0 Å². The van der Waals surface area contributed by atoms with Crippen molar-refractivity contribution in [3.8, 4) is 0 Å². The van der Waals surface area contributed by atoms with E-state index < -0.39 is 31.7 Å². The van der Waals surface area contributed by atoms with Crippen molar-refractivity contribution in [3.63, 3.8) is 0 Å². The molecule has 0 bridgehead atoms. The molecule has 0 radical (unpaired) electrons. The largest absolute Gasteiger partial charge is 0.270 e. The molecule has 2 aromatic carbocycles. The van der Waals surface area contributed by atoms with Crippen molar-refractivity contribution in [1.29, 1.82) is 0 Å². The van der Waals surface area contributed by atoms with Crippen molar-refractivity contribution in [1.82, 2.24) is 0 Å². The molecule has 0 unspecified atom stereocenters. The monoisotopic (exact) mass is 347 g/mol. The van der Waals surface area contributed by atoms with E-state index in [1.807, 2.05) is 0 Å². The molecule has 1 heterocycles. The average Bonchev–Trinajstić information content (AvgIpc) is 2.77. The van der Waals surface area contributed by atoms with Gasteiger partial charge in [-0.15, -0.1) is 0 Å². The van der Waals surface area contributed by atoms with Gasteiger partial charge in [0.25, 0.3) is 17.5 Å². The maximum Gasteiger partial charge on any atom is 0.270 e. The van der Waals surface area contributed by atoms with Crippen LogP contribution in [0.2, 0.25) is 0 Å². The third kappa shape index (κ3) is 2.33. The van der Waals surface area contributed by atoms with Gasteiger partial charge in [0.15, 0.2) is 0 Å². The van der Waals surface area contributed by atoms with Crippen molar-refractivity contribution in [2.75, 3.05) is 4.90 Å². The number of fused-ring (bicyclic) bond motifs is 1. The molecule has 3 rings (SSSR count). The molecule has 0 aliphatic carbocycles. The van der Waals surface area contributed by atoms with Crippen LogP contribution in [0.5, 0.6) is 0 Å². The zero-order chi connectivity index (χ0) is 17.6. The van der Waals surface area contributed by atoms with Gasteiger partial charge in [-0.1, -0.05) is 12.1 Å². The first-order chi connectivity index (χ1) is 11.2. The number of benzene rings is 2. The first kappa shape index (κ1) is 15.8. The number of non-ortho nitro benzene ring substituents is 1. The number of rotatable bonds is 3. The van der Waals surface area contributed by atoms with Gasteiger partial charge in [-0.2, -0.15) is 0 Å². The minimum atomic E-state index is -4.18. The molecule has 122 valence electrons. The maximum absolute atomic E-state index is 12.5. The Kier molecular flexibility index (Phi) is 3.43. The molecule has 10 heteroatoms. The molecule has 2 amide bonds. The number of nitro benzene ring substituents is 1. The summed E-state index contributed by atoms with van der Waals surface area (Å²) in [4.78, 5) is 35.4. The van der Waals surface area contributed by atoms with Gasteiger partial charge in [0, 0.05) is 12.1 Å². The average molecular weight is 347 g/mol. The molecule has 1 aliphatic rings. The van der Waals surface area contributed by atoms with Crippen LogP contribution in [0.25, 0.3) is 0 Å². The molecule has 0 fully saturated rings. The van der Waals surface area contributed by atoms with Gasteiger partial charge in [0.05, 0.1) is 21.7 Å². The fraction of sp³-hybridized carbons (Fsp3) is 0. The van der Waals surface area contributed by atoms with Crippen molar-refractivity contribution in [2.24, 2.45) is 5.14 Å². The number of hydrogen-bond acceptors (Lipinski definition) is 6. The number of nitrogens with two attached hydrogens (primary N) is 1. The smallest absolute Gasteiger partial charge is 0.268 e. The van der Waals surface area contributed by atoms with E-state index in [9.17, 15) is 28.1 Å². The summed E-state index contributed by atoms with van der Waals surface area (Å²) in [5.41, 5.74) is -0.765. The highest BCUT2D eigenvalue weighted by molar-refractivity contribution is 7.89. The van der Waals surface area contributed by atoms with Crippen molar-refractivity contribution in [3.05, 3.63) is 63.7 Å². The summed E-state index contributed by atoms with van der Waals surface area (Å²) in [5.74, 6) is -1.63. The van der Waals surface area contributed by atoms with Crippen LogP contribution in [0.3, 0.4) is 0 Å². The SMILES string of the molecule is NS(=O)(=O)c1ccccc1N1C(=O)c2ccc([N+](=O)[O-])cc2C1=O. The summed E-state index contributed by atoms with van der Waals surface area (Å²) in [6, 6.07) is 8.50. The van der Waals surface area contributed by atoms with Gasteiger partial charge in [-0.3, -0.25) is 19.7 Å². The Labute approximate surface area is 135 Å². The second-order valence-electron chi connectivity index (χ2n) is 4.95. The first-order valence-electron chi connectivity index (χ1n) is 6.51. The highest BCUT2D eigenvalue weighted by atomic mass is 32.2. The molecule has 0 atom stereocenters. The molecule has 0 saturated heterocycles. The maximum atomic E-state index is 12.5. The predicted octanol–water partition coefficient (Wildman–Crippen LogP) is 1.04. The Bertz CT molecular complexity index is 1010. The molecule has 0 saturated carbocycles. The Morgan fingerprint density at radius 3 is 2.25 bits per heavy atom. The number of anilines is 1. The lowest BCUT2D eigenvalue weighted by Gasteiger charge is -2.16. The normalized spacial score (nSPS) is 14.0. The molecular weight excluding hydrogens is 338 g/mol. The second-order valence-corrected chi connectivity index (χ2v) is 6.48. The lowest BCUT2D eigenvalue weighted by molar-refractivity contribution is -0.384. The van der Waals surface area contributed by atoms with Crippen LogP contribution in [0.15, 0.2) is 47.4 Å². The minimum Gasteiger partial charge on any atom is -0.268 e. The third-order valence-corrected chi connectivity index (χ3v) is 4.45. The van der Waals surface area contributed by atoms with Crippen LogP contribution >= 0.6 is 0 Å². The van der Waals surface area contributed by atoms with Crippen molar-refractivity contribution < 1.29 is 22.9 Å². The Balaban J connectivity index is 2.18. The standard InChI is InChI=1S/C14H9N3O6S/c15-24(22,23)12-4-2-1-3-11(12)16-13(18)9-6-5-8(17(20)21)7-10(9)14(16)19/h1-7H,(H2,15,22,23). The van der Waals surface area contributed by atoms with Crippen molar-refractivity contribution >= 4 is 33.2 Å². The molecule has 9 nitrogen and oxygen atoms in total. The molecule has 24 heavy (non-hydrogen) atoms. The highest BCUT2D eigenvalue weighted by Gasteiger charge is 2.39. The summed E-state index contributed by atoms with van der Waals surface area (Å²) in [5, 5.41) is 15.9. The lowest BCUT2D eigenvalue weighted by Crippen LogP contribution is -2.31. The summed E-state index contributed by atoms with van der Waals surface area (Å²) < 4.78 is 23.4. The quantitative estimate of drug-likeness (QED) is 0.499. The minimum absolute atomic E-state index is 0.0465. The van der Waals surface area contributed by atoms with E-state index in [2.05, 4.69) is 0 Å². The van der Waals surface area contributed by atoms with Crippen LogP contribution in [-0.4, -0.2) is 25.2 Å². The summed E-state index contributed by atoms with van der Waals surface area (Å²) in [6.45, 7) is 0. The van der Waals surface area contributed by atoms with Crippen LogP contribution in [0, 0.1) is 10.1 Å². The van der Waals surface area contributed by atoms with E-state index in [1.54, 1.807) is 0 Å². The number of nitrogens with zero attached hydrogens (tertiary/aromatic N) is 2. The summed E-state index contributed by atoms with van der Waals surface area (Å²) in [7, 11) is -4.18. The molecule has 0 aromatic heterocycles. The first-order valence-corrected chi connectivity index (χ1v) is 8.05. The Morgan fingerprint density at radius 1 is 1.00 bits per heavy atom. The number of sulfonamides is 1. The van der Waals surface area contributed by atoms with Gasteiger partial charge < -0.3 is 0 Å². The number of amides is 2. The van der Waals surface area contributed by atoms with Gasteiger partial charge in [-0.05, 0) is 18.2 Å². The summed E-state index contributed by atoms with van der Waals surface area (Å²) in [6.07, 6.45) is 0. The van der Waals surface area contributed by atoms with Crippen LogP contribution in [-0.2, 0) is 10.0 Å². The molecular formula is C14H9N3O6S. The van der Waals surface area contributed by atoms with E-state index in [4.69, 9.17) is 5.14 Å². The number of para-hydroxylation sites is 1. The Hall–Kier alpha value is -3.11. The topological polar surface area (TPSA) is 141 Å². The number of carbonyl (C=O) groups excluding carboxylic acids is 2. The third-order valence-electron chi connectivity index (χ3n) is 3.49. The molecule has 1 aliphatic heterocycles.